The molecule has 17 heavy (non-hydrogen) atoms. The second kappa shape index (κ2) is 6.24. The predicted molar refractivity (Wildman–Crippen MR) is 67.2 cm³/mol. The second-order valence-electron chi connectivity index (χ2n) is 3.84. The van der Waals surface area contributed by atoms with Gasteiger partial charge in [0.1, 0.15) is 0 Å². The van der Waals surface area contributed by atoms with Gasteiger partial charge < -0.3 is 9.84 Å². The average molecular weight is 277 g/mol. The largest absolute Gasteiger partial charge is 0.469 e. The van der Waals surface area contributed by atoms with Gasteiger partial charge in [0.15, 0.2) is 0 Å². The van der Waals surface area contributed by atoms with E-state index in [9.17, 15) is 9.90 Å². The molecular weight excluding hydrogens is 263 g/mol. The van der Waals surface area contributed by atoms with Crippen molar-refractivity contribution in [3.05, 3.63) is 33.8 Å². The SMILES string of the molecule is COC(=O)C(C)CC(O)c1ccc(Cl)cc1Cl. The molecule has 0 radical (unpaired) electrons. The van der Waals surface area contributed by atoms with E-state index >= 15 is 0 Å². The summed E-state index contributed by atoms with van der Waals surface area (Å²) in [6.45, 7) is 1.69. The number of methoxy groups -OCH3 is 1. The zero-order valence-electron chi connectivity index (χ0n) is 9.61. The van der Waals surface area contributed by atoms with Crippen molar-refractivity contribution in [3.63, 3.8) is 0 Å². The number of hydrogen-bond donors (Lipinski definition) is 1. The van der Waals surface area contributed by atoms with Gasteiger partial charge in [-0.25, -0.2) is 0 Å². The first-order valence-corrected chi connectivity index (χ1v) is 5.92. The van der Waals surface area contributed by atoms with Gasteiger partial charge in [0.25, 0.3) is 0 Å². The first-order valence-electron chi connectivity index (χ1n) is 5.16. The summed E-state index contributed by atoms with van der Waals surface area (Å²) in [7, 11) is 1.32. The minimum Gasteiger partial charge on any atom is -0.469 e. The van der Waals surface area contributed by atoms with Crippen molar-refractivity contribution in [1.29, 1.82) is 0 Å². The first-order chi connectivity index (χ1) is 7.95. The van der Waals surface area contributed by atoms with Crippen LogP contribution in [0.25, 0.3) is 0 Å². The number of rotatable bonds is 4. The molecule has 0 aliphatic rings. The lowest BCUT2D eigenvalue weighted by atomic mass is 9.98. The lowest BCUT2D eigenvalue weighted by Gasteiger charge is -2.16. The number of aliphatic hydroxyl groups is 1. The van der Waals surface area contributed by atoms with Gasteiger partial charge in [-0.15, -0.1) is 0 Å². The number of hydrogen-bond acceptors (Lipinski definition) is 3. The molecule has 3 nitrogen and oxygen atoms in total. The molecule has 0 bridgehead atoms. The fourth-order valence-electron chi connectivity index (χ4n) is 1.53. The first kappa shape index (κ1) is 14.3. The van der Waals surface area contributed by atoms with E-state index in [1.54, 1.807) is 25.1 Å². The van der Waals surface area contributed by atoms with E-state index in [1.807, 2.05) is 0 Å². The van der Waals surface area contributed by atoms with Gasteiger partial charge in [-0.1, -0.05) is 36.2 Å². The fourth-order valence-corrected chi connectivity index (χ4v) is 2.07. The Morgan fingerprint density at radius 1 is 1.47 bits per heavy atom. The monoisotopic (exact) mass is 276 g/mol. The molecule has 5 heteroatoms. The Balaban J connectivity index is 2.76. The van der Waals surface area contributed by atoms with Crippen molar-refractivity contribution in [1.82, 2.24) is 0 Å². The van der Waals surface area contributed by atoms with Gasteiger partial charge in [0.05, 0.1) is 19.1 Å². The van der Waals surface area contributed by atoms with Crippen molar-refractivity contribution in [2.75, 3.05) is 7.11 Å². The van der Waals surface area contributed by atoms with E-state index < -0.39 is 6.10 Å². The van der Waals surface area contributed by atoms with Gasteiger partial charge in [-0.3, -0.25) is 4.79 Å². The number of esters is 1. The van der Waals surface area contributed by atoms with Crippen LogP contribution in [-0.2, 0) is 9.53 Å². The standard InChI is InChI=1S/C12H14Cl2O3/c1-7(12(16)17-2)5-11(15)9-4-3-8(13)6-10(9)14/h3-4,6-7,11,15H,5H2,1-2H3. The molecule has 1 aromatic carbocycles. The summed E-state index contributed by atoms with van der Waals surface area (Å²) in [5.74, 6) is -0.740. The number of ether oxygens (including phenoxy) is 1. The Morgan fingerprint density at radius 2 is 2.12 bits per heavy atom. The highest BCUT2D eigenvalue weighted by molar-refractivity contribution is 6.35. The third-order valence-electron chi connectivity index (χ3n) is 2.50. The molecule has 1 aromatic rings. The van der Waals surface area contributed by atoms with Crippen LogP contribution in [0.1, 0.15) is 25.0 Å². The number of halogens is 2. The third-order valence-corrected chi connectivity index (χ3v) is 3.06. The quantitative estimate of drug-likeness (QED) is 0.859. The van der Waals surface area contributed by atoms with Crippen LogP contribution in [0.2, 0.25) is 10.0 Å². The smallest absolute Gasteiger partial charge is 0.308 e. The Bertz CT molecular complexity index is 407. The summed E-state index contributed by atoms with van der Waals surface area (Å²) >= 11 is 11.7. The molecule has 0 heterocycles. The van der Waals surface area contributed by atoms with Crippen LogP contribution in [0.5, 0.6) is 0 Å². The lowest BCUT2D eigenvalue weighted by Crippen LogP contribution is -2.16. The third kappa shape index (κ3) is 3.87. The summed E-state index contributed by atoms with van der Waals surface area (Å²) in [5.41, 5.74) is 0.562. The molecule has 0 aliphatic heterocycles. The molecule has 0 aromatic heterocycles. The molecule has 2 unspecified atom stereocenters. The number of benzene rings is 1. The van der Waals surface area contributed by atoms with Crippen molar-refractivity contribution < 1.29 is 14.6 Å². The second-order valence-corrected chi connectivity index (χ2v) is 4.69. The zero-order valence-corrected chi connectivity index (χ0v) is 11.1. The van der Waals surface area contributed by atoms with E-state index in [2.05, 4.69) is 4.74 Å². The minimum atomic E-state index is -0.811. The van der Waals surface area contributed by atoms with Crippen LogP contribution in [-0.4, -0.2) is 18.2 Å². The highest BCUT2D eigenvalue weighted by Gasteiger charge is 2.20. The minimum absolute atomic E-state index is 0.258. The van der Waals surface area contributed by atoms with Crippen molar-refractivity contribution in [3.8, 4) is 0 Å². The lowest BCUT2D eigenvalue weighted by molar-refractivity contribution is -0.145. The molecule has 0 fully saturated rings. The maximum atomic E-state index is 11.2. The highest BCUT2D eigenvalue weighted by atomic mass is 35.5. The van der Waals surface area contributed by atoms with E-state index in [0.717, 1.165) is 0 Å². The maximum absolute atomic E-state index is 11.2. The van der Waals surface area contributed by atoms with Crippen LogP contribution in [0.15, 0.2) is 18.2 Å². The number of aliphatic hydroxyl groups excluding tert-OH is 1. The molecule has 2 atom stereocenters. The number of carbonyl (C=O) groups is 1. The van der Waals surface area contributed by atoms with Gasteiger partial charge >= 0.3 is 5.97 Å². The molecule has 0 amide bonds. The topological polar surface area (TPSA) is 46.5 Å². The van der Waals surface area contributed by atoms with Crippen LogP contribution in [0, 0.1) is 5.92 Å². The van der Waals surface area contributed by atoms with Crippen LogP contribution >= 0.6 is 23.2 Å². The van der Waals surface area contributed by atoms with E-state index in [-0.39, 0.29) is 18.3 Å². The van der Waals surface area contributed by atoms with Gasteiger partial charge in [-0.05, 0) is 24.1 Å². The predicted octanol–water partition coefficient (Wildman–Crippen LogP) is 3.23. The van der Waals surface area contributed by atoms with E-state index in [4.69, 9.17) is 23.2 Å². The molecule has 1 rings (SSSR count). The molecule has 94 valence electrons. The Morgan fingerprint density at radius 3 is 2.65 bits per heavy atom. The molecule has 0 aliphatic carbocycles. The number of carbonyl (C=O) groups excluding carboxylic acids is 1. The maximum Gasteiger partial charge on any atom is 0.308 e. The summed E-state index contributed by atoms with van der Waals surface area (Å²) in [6, 6.07) is 4.86. The average Bonchev–Trinajstić information content (AvgIpc) is 2.27. The highest BCUT2D eigenvalue weighted by Crippen LogP contribution is 2.30. The Labute approximate surface area is 110 Å². The Hall–Kier alpha value is -0.770. The van der Waals surface area contributed by atoms with Gasteiger partial charge in [0, 0.05) is 10.0 Å². The van der Waals surface area contributed by atoms with Gasteiger partial charge in [0.2, 0.25) is 0 Å². The summed E-state index contributed by atoms with van der Waals surface area (Å²) < 4.78 is 4.59. The van der Waals surface area contributed by atoms with E-state index in [1.165, 1.54) is 7.11 Å². The summed E-state index contributed by atoms with van der Waals surface area (Å²) in [4.78, 5) is 11.2. The van der Waals surface area contributed by atoms with Gasteiger partial charge in [-0.2, -0.15) is 0 Å². The molecule has 0 spiro atoms. The zero-order chi connectivity index (χ0) is 13.0. The van der Waals surface area contributed by atoms with Crippen LogP contribution in [0.4, 0.5) is 0 Å². The molecular formula is C12H14Cl2O3. The fraction of sp³-hybridized carbons (Fsp3) is 0.417. The Kier molecular flexibility index (Phi) is 5.25. The van der Waals surface area contributed by atoms with Crippen LogP contribution < -0.4 is 0 Å². The van der Waals surface area contributed by atoms with Crippen molar-refractivity contribution >= 4 is 29.2 Å². The molecule has 1 N–H and O–H groups in total. The summed E-state index contributed by atoms with van der Waals surface area (Å²) in [6.07, 6.45) is -0.553. The molecule has 0 saturated carbocycles. The van der Waals surface area contributed by atoms with Crippen LogP contribution in [0.3, 0.4) is 0 Å². The molecule has 0 saturated heterocycles. The normalized spacial score (nSPS) is 14.2. The van der Waals surface area contributed by atoms with Crippen molar-refractivity contribution in [2.24, 2.45) is 5.92 Å². The van der Waals surface area contributed by atoms with Crippen molar-refractivity contribution in [2.45, 2.75) is 19.4 Å². The van der Waals surface area contributed by atoms with E-state index in [0.29, 0.717) is 15.6 Å². The summed E-state index contributed by atoms with van der Waals surface area (Å²) in [5, 5.41) is 10.9.